The van der Waals surface area contributed by atoms with Gasteiger partial charge in [-0.25, -0.2) is 4.39 Å². The van der Waals surface area contributed by atoms with E-state index in [2.05, 4.69) is 16.4 Å². The fourth-order valence-electron chi connectivity index (χ4n) is 2.73. The molecule has 0 aliphatic carbocycles. The maximum atomic E-state index is 13.7. The van der Waals surface area contributed by atoms with Crippen molar-refractivity contribution in [1.29, 1.82) is 0 Å². The minimum atomic E-state index is -0.201. The molecule has 1 atom stereocenters. The van der Waals surface area contributed by atoms with Crippen LogP contribution < -0.4 is 5.32 Å². The van der Waals surface area contributed by atoms with Crippen molar-refractivity contribution in [3.05, 3.63) is 77.2 Å². The smallest absolute Gasteiger partial charge is 0.123 e. The summed E-state index contributed by atoms with van der Waals surface area (Å²) in [7, 11) is 1.89. The molecule has 3 aromatic rings. The largest absolute Gasteiger partial charge is 0.309 e. The Kier molecular flexibility index (Phi) is 3.67. The number of hydrogen-bond acceptors (Lipinski definition) is 2. The molecule has 2 nitrogen and oxygen atoms in total. The quantitative estimate of drug-likeness (QED) is 0.784. The summed E-state index contributed by atoms with van der Waals surface area (Å²) in [5, 5.41) is 4.35. The van der Waals surface area contributed by atoms with Crippen LogP contribution in [-0.4, -0.2) is 12.0 Å². The number of aryl methyl sites for hydroxylation is 1. The molecule has 1 heterocycles. The summed E-state index contributed by atoms with van der Waals surface area (Å²) in [6, 6.07) is 15.2. The van der Waals surface area contributed by atoms with Gasteiger partial charge in [-0.05, 0) is 61.0 Å². The van der Waals surface area contributed by atoms with Gasteiger partial charge in [0.25, 0.3) is 0 Å². The number of aromatic nitrogens is 1. The Morgan fingerprint density at radius 1 is 1.05 bits per heavy atom. The van der Waals surface area contributed by atoms with Crippen LogP contribution in [0.1, 0.15) is 22.7 Å². The Morgan fingerprint density at radius 3 is 2.67 bits per heavy atom. The molecule has 1 unspecified atom stereocenters. The first kappa shape index (κ1) is 13.7. The first-order chi connectivity index (χ1) is 10.2. The molecule has 0 saturated heterocycles. The van der Waals surface area contributed by atoms with Gasteiger partial charge < -0.3 is 5.32 Å². The monoisotopic (exact) mass is 280 g/mol. The Labute approximate surface area is 123 Å². The second kappa shape index (κ2) is 5.62. The fraction of sp³-hybridized carbons (Fsp3) is 0.167. The zero-order valence-corrected chi connectivity index (χ0v) is 12.1. The van der Waals surface area contributed by atoms with Crippen LogP contribution in [0.3, 0.4) is 0 Å². The molecule has 0 bridgehead atoms. The van der Waals surface area contributed by atoms with Crippen LogP contribution in [0.2, 0.25) is 0 Å². The van der Waals surface area contributed by atoms with Crippen LogP contribution in [0, 0.1) is 12.7 Å². The SMILES string of the molecule is CNC(c1cc(C)cc(F)c1)c1ccc2ncccc2c1. The minimum Gasteiger partial charge on any atom is -0.309 e. The second-order valence-electron chi connectivity index (χ2n) is 5.24. The minimum absolute atomic E-state index is 0.0380. The van der Waals surface area contributed by atoms with Crippen LogP contribution in [-0.2, 0) is 0 Å². The molecule has 2 aromatic carbocycles. The van der Waals surface area contributed by atoms with E-state index < -0.39 is 0 Å². The maximum absolute atomic E-state index is 13.7. The number of fused-ring (bicyclic) bond motifs is 1. The lowest BCUT2D eigenvalue weighted by atomic mass is 9.96. The van der Waals surface area contributed by atoms with Gasteiger partial charge >= 0.3 is 0 Å². The normalized spacial score (nSPS) is 12.5. The van der Waals surface area contributed by atoms with Crippen LogP contribution >= 0.6 is 0 Å². The number of benzene rings is 2. The standard InChI is InChI=1S/C18H17FN2/c1-12-8-15(11-16(19)9-12)18(20-2)14-5-6-17-13(10-14)4-3-7-21-17/h3-11,18,20H,1-2H3. The molecule has 21 heavy (non-hydrogen) atoms. The Bertz CT molecular complexity index is 763. The van der Waals surface area contributed by atoms with Gasteiger partial charge in [0.1, 0.15) is 5.82 Å². The third-order valence-electron chi connectivity index (χ3n) is 3.65. The van der Waals surface area contributed by atoms with Crippen molar-refractivity contribution >= 4 is 10.9 Å². The number of hydrogen-bond donors (Lipinski definition) is 1. The Morgan fingerprint density at radius 2 is 1.90 bits per heavy atom. The Balaban J connectivity index is 2.08. The molecule has 3 heteroatoms. The lowest BCUT2D eigenvalue weighted by molar-refractivity contribution is 0.615. The lowest BCUT2D eigenvalue weighted by Crippen LogP contribution is -2.18. The molecule has 3 rings (SSSR count). The molecular formula is C18H17FN2. The van der Waals surface area contributed by atoms with Crippen molar-refractivity contribution in [2.45, 2.75) is 13.0 Å². The van der Waals surface area contributed by atoms with Gasteiger partial charge in [0.05, 0.1) is 11.6 Å². The summed E-state index contributed by atoms with van der Waals surface area (Å²) in [6.45, 7) is 1.91. The fourth-order valence-corrected chi connectivity index (χ4v) is 2.73. The van der Waals surface area contributed by atoms with Gasteiger partial charge in [-0.2, -0.15) is 0 Å². The molecule has 0 aliphatic heterocycles. The van der Waals surface area contributed by atoms with Gasteiger partial charge in [-0.15, -0.1) is 0 Å². The van der Waals surface area contributed by atoms with Crippen molar-refractivity contribution in [2.24, 2.45) is 0 Å². The molecule has 0 aliphatic rings. The molecule has 0 radical (unpaired) electrons. The second-order valence-corrected chi connectivity index (χ2v) is 5.24. The average molecular weight is 280 g/mol. The molecule has 0 saturated carbocycles. The number of pyridine rings is 1. The van der Waals surface area contributed by atoms with Crippen LogP contribution in [0.25, 0.3) is 10.9 Å². The van der Waals surface area contributed by atoms with E-state index in [1.807, 2.05) is 44.3 Å². The highest BCUT2D eigenvalue weighted by Gasteiger charge is 2.14. The number of rotatable bonds is 3. The van der Waals surface area contributed by atoms with Crippen molar-refractivity contribution in [2.75, 3.05) is 7.05 Å². The summed E-state index contributed by atoms with van der Waals surface area (Å²) in [6.07, 6.45) is 1.79. The highest BCUT2D eigenvalue weighted by Crippen LogP contribution is 2.26. The van der Waals surface area contributed by atoms with E-state index in [1.54, 1.807) is 18.3 Å². The van der Waals surface area contributed by atoms with Gasteiger partial charge in [0.2, 0.25) is 0 Å². The summed E-state index contributed by atoms with van der Waals surface area (Å²) in [5.74, 6) is -0.201. The zero-order chi connectivity index (χ0) is 14.8. The summed E-state index contributed by atoms with van der Waals surface area (Å²) >= 11 is 0. The van der Waals surface area contributed by atoms with Crippen LogP contribution in [0.4, 0.5) is 4.39 Å². The Hall–Kier alpha value is -2.26. The van der Waals surface area contributed by atoms with E-state index in [1.165, 1.54) is 0 Å². The van der Waals surface area contributed by atoms with Crippen molar-refractivity contribution < 1.29 is 4.39 Å². The van der Waals surface area contributed by atoms with Crippen molar-refractivity contribution in [3.8, 4) is 0 Å². The van der Waals surface area contributed by atoms with E-state index >= 15 is 0 Å². The molecule has 106 valence electrons. The summed E-state index contributed by atoms with van der Waals surface area (Å²) in [4.78, 5) is 4.33. The van der Waals surface area contributed by atoms with Gasteiger partial charge in [0, 0.05) is 11.6 Å². The van der Waals surface area contributed by atoms with Gasteiger partial charge in [-0.3, -0.25) is 4.98 Å². The summed E-state index contributed by atoms with van der Waals surface area (Å²) < 4.78 is 13.7. The third kappa shape index (κ3) is 2.78. The van der Waals surface area contributed by atoms with Crippen molar-refractivity contribution in [1.82, 2.24) is 10.3 Å². The van der Waals surface area contributed by atoms with Gasteiger partial charge in [0.15, 0.2) is 0 Å². The summed E-state index contributed by atoms with van der Waals surface area (Å²) in [5.41, 5.74) is 3.92. The number of nitrogens with one attached hydrogen (secondary N) is 1. The maximum Gasteiger partial charge on any atom is 0.123 e. The van der Waals surface area contributed by atoms with E-state index in [4.69, 9.17) is 0 Å². The third-order valence-corrected chi connectivity index (χ3v) is 3.65. The van der Waals surface area contributed by atoms with E-state index in [9.17, 15) is 4.39 Å². The highest BCUT2D eigenvalue weighted by molar-refractivity contribution is 5.79. The van der Waals surface area contributed by atoms with Crippen molar-refractivity contribution in [3.63, 3.8) is 0 Å². The van der Waals surface area contributed by atoms with E-state index in [0.29, 0.717) is 0 Å². The molecule has 1 N–H and O–H groups in total. The topological polar surface area (TPSA) is 24.9 Å². The van der Waals surface area contributed by atoms with E-state index in [0.717, 1.165) is 27.6 Å². The predicted molar refractivity (Wildman–Crippen MR) is 83.8 cm³/mol. The molecule has 0 amide bonds. The van der Waals surface area contributed by atoms with E-state index in [-0.39, 0.29) is 11.9 Å². The first-order valence-electron chi connectivity index (χ1n) is 6.96. The average Bonchev–Trinajstić information content (AvgIpc) is 2.47. The zero-order valence-electron chi connectivity index (χ0n) is 12.1. The molecule has 0 fully saturated rings. The van der Waals surface area contributed by atoms with Gasteiger partial charge in [-0.1, -0.05) is 18.2 Å². The highest BCUT2D eigenvalue weighted by atomic mass is 19.1. The van der Waals surface area contributed by atoms with Crippen LogP contribution in [0.15, 0.2) is 54.7 Å². The molecule has 1 aromatic heterocycles. The molecular weight excluding hydrogens is 263 g/mol. The predicted octanol–water partition coefficient (Wildman–Crippen LogP) is 3.99. The van der Waals surface area contributed by atoms with Crippen LogP contribution in [0.5, 0.6) is 0 Å². The molecule has 0 spiro atoms. The number of halogens is 1. The lowest BCUT2D eigenvalue weighted by Gasteiger charge is -2.18. The first-order valence-corrected chi connectivity index (χ1v) is 6.96. The number of nitrogens with zero attached hydrogens (tertiary/aromatic N) is 1.